The third-order valence-electron chi connectivity index (χ3n) is 10.8. The molecule has 1 aromatic rings. The van der Waals surface area contributed by atoms with Crippen molar-refractivity contribution in [2.24, 2.45) is 23.2 Å². The van der Waals surface area contributed by atoms with Crippen molar-refractivity contribution in [3.63, 3.8) is 0 Å². The van der Waals surface area contributed by atoms with Gasteiger partial charge < -0.3 is 15.1 Å². The smallest absolute Gasteiger partial charge is 0.222 e. The lowest BCUT2D eigenvalue weighted by molar-refractivity contribution is -0.130. The van der Waals surface area contributed by atoms with E-state index in [-0.39, 0.29) is 11.5 Å². The second kappa shape index (κ2) is 14.4. The van der Waals surface area contributed by atoms with Crippen molar-refractivity contribution in [2.75, 3.05) is 13.6 Å². The van der Waals surface area contributed by atoms with Crippen molar-refractivity contribution >= 4 is 28.5 Å². The zero-order chi connectivity index (χ0) is 28.0. The first-order valence-corrected chi connectivity index (χ1v) is 17.4. The van der Waals surface area contributed by atoms with Gasteiger partial charge in [0.15, 0.2) is 0 Å². The molecule has 0 heterocycles. The lowest BCUT2D eigenvalue weighted by Gasteiger charge is -2.53. The number of benzene rings is 1. The number of phenolic OH excluding ortho intramolecular Hbond substituents is 1. The minimum Gasteiger partial charge on any atom is -0.508 e. The van der Waals surface area contributed by atoms with E-state index in [0.29, 0.717) is 45.7 Å². The number of amides is 1. The van der Waals surface area contributed by atoms with Crippen molar-refractivity contribution < 1.29 is 15.0 Å². The molecule has 0 saturated heterocycles. The van der Waals surface area contributed by atoms with Gasteiger partial charge in [-0.2, -0.15) is 0 Å². The van der Waals surface area contributed by atoms with Gasteiger partial charge in [0.1, 0.15) is 5.75 Å². The lowest BCUT2D eigenvalue weighted by atomic mass is 9.52. The van der Waals surface area contributed by atoms with Crippen LogP contribution < -0.4 is 0 Å². The van der Waals surface area contributed by atoms with Crippen molar-refractivity contribution in [3.8, 4) is 5.75 Å². The number of aromatic hydroxyl groups is 1. The van der Waals surface area contributed by atoms with Crippen LogP contribution in [-0.2, 0) is 11.2 Å². The third-order valence-corrected chi connectivity index (χ3v) is 12.0. The van der Waals surface area contributed by atoms with E-state index in [1.807, 2.05) is 24.1 Å². The number of fused-ring (bicyclic) bond motifs is 5. The third kappa shape index (κ3) is 7.34. The van der Waals surface area contributed by atoms with Gasteiger partial charge in [0.05, 0.1) is 6.10 Å². The predicted molar refractivity (Wildman–Crippen MR) is 170 cm³/mol. The molecule has 0 spiro atoms. The lowest BCUT2D eigenvalue weighted by Crippen LogP contribution is -2.47. The second-order valence-electron chi connectivity index (χ2n) is 13.4. The topological polar surface area (TPSA) is 60.8 Å². The molecule has 2 fully saturated rings. The summed E-state index contributed by atoms with van der Waals surface area (Å²) >= 11 is 2.51. The molecule has 3 aliphatic carbocycles. The second-order valence-corrected chi connectivity index (χ2v) is 15.0. The standard InChI is InChI=1S/C34H54INO3/c1-4-5-20-36(3)31(38)15-13-11-9-7-6-8-10-12-14-24-21-25-22-26(37)16-17-27(25)28-18-19-34(2)29(32(24)28)23-30(35)33(34)39/h16-17,22,24,28-30,32-33,37,39H,4-15,18-21,23H2,1-3H3/t24-,28?,29?,30-,32?,33+,34+/m1/s1. The summed E-state index contributed by atoms with van der Waals surface area (Å²) in [5.41, 5.74) is 2.93. The summed E-state index contributed by atoms with van der Waals surface area (Å²) < 4.78 is 0.373. The maximum absolute atomic E-state index is 12.2. The maximum atomic E-state index is 12.2. The number of rotatable bonds is 14. The number of carbonyl (C=O) groups excluding carboxylic acids is 1. The van der Waals surface area contributed by atoms with E-state index in [1.165, 1.54) is 68.9 Å². The van der Waals surface area contributed by atoms with Crippen molar-refractivity contribution in [1.82, 2.24) is 4.90 Å². The Hall–Kier alpha value is -0.820. The Morgan fingerprint density at radius 1 is 1.08 bits per heavy atom. The highest BCUT2D eigenvalue weighted by Crippen LogP contribution is 2.63. The van der Waals surface area contributed by atoms with Crippen LogP contribution in [-0.4, -0.2) is 44.6 Å². The van der Waals surface area contributed by atoms with Crippen molar-refractivity contribution in [2.45, 2.75) is 133 Å². The Bertz CT molecular complexity index is 937. The monoisotopic (exact) mass is 651 g/mol. The number of hydrogen-bond acceptors (Lipinski definition) is 3. The zero-order valence-electron chi connectivity index (χ0n) is 24.8. The van der Waals surface area contributed by atoms with Crippen LogP contribution in [0.15, 0.2) is 18.2 Å². The number of aliphatic hydroxyl groups is 1. The van der Waals surface area contributed by atoms with Crippen LogP contribution in [0.4, 0.5) is 0 Å². The Morgan fingerprint density at radius 3 is 2.49 bits per heavy atom. The van der Waals surface area contributed by atoms with Gasteiger partial charge in [0.2, 0.25) is 5.91 Å². The van der Waals surface area contributed by atoms with Gasteiger partial charge in [-0.25, -0.2) is 0 Å². The Morgan fingerprint density at radius 2 is 1.77 bits per heavy atom. The number of halogens is 1. The van der Waals surface area contributed by atoms with Crippen LogP contribution in [0.2, 0.25) is 0 Å². The molecule has 1 amide bonds. The molecular formula is C34H54INO3. The van der Waals surface area contributed by atoms with Gasteiger partial charge in [-0.15, -0.1) is 0 Å². The van der Waals surface area contributed by atoms with Crippen LogP contribution in [0.5, 0.6) is 5.75 Å². The summed E-state index contributed by atoms with van der Waals surface area (Å²) in [6.07, 6.45) is 18.6. The Kier molecular flexibility index (Phi) is 11.5. The van der Waals surface area contributed by atoms with E-state index in [1.54, 1.807) is 0 Å². The predicted octanol–water partition coefficient (Wildman–Crippen LogP) is 8.41. The Balaban J connectivity index is 1.21. The van der Waals surface area contributed by atoms with Gasteiger partial charge in [-0.1, -0.05) is 93.9 Å². The summed E-state index contributed by atoms with van der Waals surface area (Å²) in [4.78, 5) is 14.1. The van der Waals surface area contributed by atoms with E-state index < -0.39 is 0 Å². The molecule has 4 rings (SSSR count). The fraction of sp³-hybridized carbons (Fsp3) is 0.794. The van der Waals surface area contributed by atoms with Gasteiger partial charge in [-0.3, -0.25) is 4.79 Å². The molecule has 0 aromatic heterocycles. The number of carbonyl (C=O) groups is 1. The SMILES string of the molecule is CCCCN(C)C(=O)CCCCCCCCCC[C@@H]1Cc2cc(O)ccc2C2CC[C@@]3(C)C(C[C@@H](I)[C@@H]3O)C21. The first kappa shape index (κ1) is 31.1. The Labute approximate surface area is 251 Å². The number of hydrogen-bond donors (Lipinski definition) is 2. The highest BCUT2D eigenvalue weighted by atomic mass is 127. The minimum atomic E-state index is -0.175. The first-order chi connectivity index (χ1) is 18.8. The summed E-state index contributed by atoms with van der Waals surface area (Å²) in [7, 11) is 1.94. The van der Waals surface area contributed by atoms with Crippen LogP contribution >= 0.6 is 22.6 Å². The van der Waals surface area contributed by atoms with Crippen LogP contribution in [0.1, 0.15) is 127 Å². The van der Waals surface area contributed by atoms with Gasteiger partial charge in [0, 0.05) is 23.9 Å². The van der Waals surface area contributed by atoms with E-state index in [9.17, 15) is 15.0 Å². The largest absolute Gasteiger partial charge is 0.508 e. The normalized spacial score (nSPS) is 31.4. The van der Waals surface area contributed by atoms with E-state index in [2.05, 4.69) is 42.5 Å². The van der Waals surface area contributed by atoms with E-state index >= 15 is 0 Å². The number of unbranched alkanes of at least 4 members (excludes halogenated alkanes) is 8. The minimum absolute atomic E-state index is 0.0647. The maximum Gasteiger partial charge on any atom is 0.222 e. The first-order valence-electron chi connectivity index (χ1n) is 16.1. The molecule has 220 valence electrons. The fourth-order valence-electron chi connectivity index (χ4n) is 8.46. The fourth-order valence-corrected chi connectivity index (χ4v) is 9.83. The van der Waals surface area contributed by atoms with Gasteiger partial charge in [-0.05, 0) is 97.3 Å². The van der Waals surface area contributed by atoms with Crippen molar-refractivity contribution in [3.05, 3.63) is 29.3 Å². The van der Waals surface area contributed by atoms with E-state index in [0.717, 1.165) is 45.1 Å². The molecule has 2 N–H and O–H groups in total. The molecule has 4 nitrogen and oxygen atoms in total. The number of alkyl halides is 1. The summed E-state index contributed by atoms with van der Waals surface area (Å²) in [5.74, 6) is 3.24. The number of phenols is 1. The van der Waals surface area contributed by atoms with E-state index in [4.69, 9.17) is 0 Å². The summed E-state index contributed by atoms with van der Waals surface area (Å²) in [5, 5.41) is 21.3. The molecule has 0 aliphatic heterocycles. The average molecular weight is 652 g/mol. The number of nitrogens with zero attached hydrogens (tertiary/aromatic N) is 1. The summed E-state index contributed by atoms with van der Waals surface area (Å²) in [6, 6.07) is 6.13. The highest BCUT2D eigenvalue weighted by Gasteiger charge is 2.59. The molecular weight excluding hydrogens is 597 g/mol. The molecule has 7 atom stereocenters. The van der Waals surface area contributed by atoms with Gasteiger partial charge in [0.25, 0.3) is 0 Å². The molecule has 5 heteroatoms. The summed E-state index contributed by atoms with van der Waals surface area (Å²) in [6.45, 7) is 5.44. The quantitative estimate of drug-likeness (QED) is 0.121. The van der Waals surface area contributed by atoms with Gasteiger partial charge >= 0.3 is 0 Å². The zero-order valence-corrected chi connectivity index (χ0v) is 27.0. The molecule has 3 aliphatic rings. The molecule has 0 bridgehead atoms. The molecule has 1 aromatic carbocycles. The van der Waals surface area contributed by atoms with Crippen LogP contribution in [0.25, 0.3) is 0 Å². The molecule has 2 saturated carbocycles. The number of aliphatic hydroxyl groups excluding tert-OH is 1. The van der Waals surface area contributed by atoms with Crippen molar-refractivity contribution in [1.29, 1.82) is 0 Å². The highest BCUT2D eigenvalue weighted by molar-refractivity contribution is 14.1. The average Bonchev–Trinajstić information content (AvgIpc) is 3.15. The molecule has 3 unspecified atom stereocenters. The molecule has 39 heavy (non-hydrogen) atoms. The van der Waals surface area contributed by atoms with Crippen LogP contribution in [0.3, 0.4) is 0 Å². The molecule has 0 radical (unpaired) electrons. The van der Waals surface area contributed by atoms with Crippen LogP contribution in [0, 0.1) is 23.2 Å².